The Morgan fingerprint density at radius 2 is 1.67 bits per heavy atom. The highest BCUT2D eigenvalue weighted by Crippen LogP contribution is 2.26. The zero-order valence-corrected chi connectivity index (χ0v) is 16.9. The molecule has 2 heterocycles. The molecule has 4 aromatic rings. The van der Waals surface area contributed by atoms with Crippen LogP contribution in [0, 0.1) is 12.7 Å². The van der Waals surface area contributed by atoms with Gasteiger partial charge in [0.05, 0.1) is 5.69 Å². The summed E-state index contributed by atoms with van der Waals surface area (Å²) in [6, 6.07) is 13.5. The normalized spacial score (nSPS) is 10.9. The third kappa shape index (κ3) is 4.52. The van der Waals surface area contributed by atoms with Gasteiger partial charge in [0.25, 0.3) is 0 Å². The smallest absolute Gasteiger partial charge is 0.250 e. The van der Waals surface area contributed by atoms with E-state index in [1.54, 1.807) is 4.52 Å². The summed E-state index contributed by atoms with van der Waals surface area (Å²) in [4.78, 5) is 29.1. The molecular formula is C21H18FN5O2S. The minimum atomic E-state index is -0.384. The van der Waals surface area contributed by atoms with E-state index in [4.69, 9.17) is 0 Å². The molecule has 152 valence electrons. The Balaban J connectivity index is 1.35. The van der Waals surface area contributed by atoms with Crippen LogP contribution in [0.5, 0.6) is 0 Å². The highest BCUT2D eigenvalue weighted by Gasteiger charge is 2.14. The minimum absolute atomic E-state index is 0.0138. The number of carbonyl (C=O) groups excluding carboxylic acids is 2. The van der Waals surface area contributed by atoms with E-state index in [0.717, 1.165) is 11.3 Å². The molecule has 0 aliphatic heterocycles. The molecule has 0 bridgehead atoms. The second kappa shape index (κ2) is 8.42. The maximum atomic E-state index is 12.9. The number of anilines is 2. The molecule has 0 spiro atoms. The fraction of sp³-hybridized carbons (Fsp3) is 0.143. The molecule has 2 N–H and O–H groups in total. The number of aromatic nitrogens is 3. The van der Waals surface area contributed by atoms with Crippen molar-refractivity contribution in [1.29, 1.82) is 0 Å². The summed E-state index contributed by atoms with van der Waals surface area (Å²) < 4.78 is 14.6. The number of aryl methyl sites for hydroxylation is 1. The molecule has 0 aliphatic rings. The zero-order valence-electron chi connectivity index (χ0n) is 16.1. The number of hydrogen-bond donors (Lipinski definition) is 2. The van der Waals surface area contributed by atoms with Gasteiger partial charge in [0.1, 0.15) is 5.82 Å². The van der Waals surface area contributed by atoms with E-state index in [1.807, 2.05) is 36.6 Å². The summed E-state index contributed by atoms with van der Waals surface area (Å²) in [5, 5.41) is 11.6. The second-order valence-corrected chi connectivity index (χ2v) is 7.56. The average molecular weight is 423 g/mol. The first-order valence-corrected chi connectivity index (χ1v) is 10.1. The van der Waals surface area contributed by atoms with Gasteiger partial charge in [-0.25, -0.2) is 8.91 Å². The largest absolute Gasteiger partial charge is 0.326 e. The Morgan fingerprint density at radius 3 is 2.37 bits per heavy atom. The monoisotopic (exact) mass is 423 g/mol. The summed E-state index contributed by atoms with van der Waals surface area (Å²) in [5.74, 6) is -0.888. The van der Waals surface area contributed by atoms with Crippen molar-refractivity contribution in [3.8, 4) is 11.3 Å². The number of halogens is 1. The van der Waals surface area contributed by atoms with E-state index in [1.165, 1.54) is 41.2 Å². The Kier molecular flexibility index (Phi) is 5.53. The van der Waals surface area contributed by atoms with Crippen LogP contribution < -0.4 is 10.6 Å². The molecule has 0 unspecified atom stereocenters. The van der Waals surface area contributed by atoms with Gasteiger partial charge in [-0.15, -0.1) is 16.4 Å². The Hall–Kier alpha value is -3.59. The molecule has 7 nitrogen and oxygen atoms in total. The van der Waals surface area contributed by atoms with Crippen LogP contribution in [0.3, 0.4) is 0 Å². The van der Waals surface area contributed by atoms with E-state index in [0.29, 0.717) is 10.6 Å². The van der Waals surface area contributed by atoms with Crippen LogP contribution >= 0.6 is 11.3 Å². The number of hydrogen-bond acceptors (Lipinski definition) is 5. The minimum Gasteiger partial charge on any atom is -0.326 e. The SMILES string of the molecule is Cc1ccc(-c2csc3nc(NC(=O)CCC(=O)Nc4ccc(F)cc4)nn23)cc1. The fourth-order valence-electron chi connectivity index (χ4n) is 2.83. The van der Waals surface area contributed by atoms with Gasteiger partial charge in [-0.3, -0.25) is 14.9 Å². The van der Waals surface area contributed by atoms with Gasteiger partial charge in [0, 0.05) is 29.5 Å². The predicted molar refractivity (Wildman–Crippen MR) is 114 cm³/mol. The van der Waals surface area contributed by atoms with Crippen LogP contribution in [0.1, 0.15) is 18.4 Å². The summed E-state index contributed by atoms with van der Waals surface area (Å²) in [5.41, 5.74) is 3.54. The summed E-state index contributed by atoms with van der Waals surface area (Å²) in [7, 11) is 0. The molecule has 0 aliphatic carbocycles. The molecule has 0 saturated heterocycles. The first kappa shape index (κ1) is 19.7. The lowest BCUT2D eigenvalue weighted by atomic mass is 10.1. The van der Waals surface area contributed by atoms with E-state index in [-0.39, 0.29) is 36.4 Å². The van der Waals surface area contributed by atoms with Gasteiger partial charge in [-0.05, 0) is 31.2 Å². The van der Waals surface area contributed by atoms with Crippen LogP contribution in [-0.4, -0.2) is 26.4 Å². The van der Waals surface area contributed by atoms with Crippen molar-refractivity contribution in [3.63, 3.8) is 0 Å². The fourth-order valence-corrected chi connectivity index (χ4v) is 3.66. The maximum absolute atomic E-state index is 12.9. The lowest BCUT2D eigenvalue weighted by Gasteiger charge is -2.05. The lowest BCUT2D eigenvalue weighted by Crippen LogP contribution is -2.18. The Morgan fingerprint density at radius 1 is 1.00 bits per heavy atom. The first-order chi connectivity index (χ1) is 14.5. The number of amides is 2. The van der Waals surface area contributed by atoms with Gasteiger partial charge < -0.3 is 5.32 Å². The van der Waals surface area contributed by atoms with E-state index >= 15 is 0 Å². The van der Waals surface area contributed by atoms with E-state index in [9.17, 15) is 14.0 Å². The van der Waals surface area contributed by atoms with Crippen molar-refractivity contribution in [3.05, 3.63) is 65.3 Å². The highest BCUT2D eigenvalue weighted by atomic mass is 32.1. The van der Waals surface area contributed by atoms with Crippen LogP contribution in [0.25, 0.3) is 16.2 Å². The van der Waals surface area contributed by atoms with Crippen LogP contribution in [0.15, 0.2) is 53.9 Å². The number of nitrogens with one attached hydrogen (secondary N) is 2. The quantitative estimate of drug-likeness (QED) is 0.485. The lowest BCUT2D eigenvalue weighted by molar-refractivity contribution is -0.121. The first-order valence-electron chi connectivity index (χ1n) is 9.24. The topological polar surface area (TPSA) is 88.4 Å². The average Bonchev–Trinajstić information content (AvgIpc) is 3.29. The number of benzene rings is 2. The number of carbonyl (C=O) groups is 2. The third-order valence-electron chi connectivity index (χ3n) is 4.39. The summed E-state index contributed by atoms with van der Waals surface area (Å²) >= 11 is 1.43. The van der Waals surface area contributed by atoms with Gasteiger partial charge in [-0.2, -0.15) is 4.98 Å². The second-order valence-electron chi connectivity index (χ2n) is 6.72. The zero-order chi connectivity index (χ0) is 21.1. The van der Waals surface area contributed by atoms with Crippen LogP contribution in [0.4, 0.5) is 16.0 Å². The van der Waals surface area contributed by atoms with Crippen LogP contribution in [0.2, 0.25) is 0 Å². The summed E-state index contributed by atoms with van der Waals surface area (Å²) in [6.45, 7) is 2.02. The number of thiazole rings is 1. The molecule has 0 radical (unpaired) electrons. The van der Waals surface area contributed by atoms with Crippen molar-refractivity contribution in [2.45, 2.75) is 19.8 Å². The van der Waals surface area contributed by atoms with E-state index in [2.05, 4.69) is 20.7 Å². The molecule has 30 heavy (non-hydrogen) atoms. The Labute approximate surface area is 175 Å². The molecule has 0 saturated carbocycles. The summed E-state index contributed by atoms with van der Waals surface area (Å²) in [6.07, 6.45) is -0.0370. The predicted octanol–water partition coefficient (Wildman–Crippen LogP) is 4.26. The van der Waals surface area contributed by atoms with Gasteiger partial charge in [-0.1, -0.05) is 29.8 Å². The van der Waals surface area contributed by atoms with Crippen molar-refractivity contribution in [2.75, 3.05) is 10.6 Å². The molecule has 4 rings (SSSR count). The van der Waals surface area contributed by atoms with Gasteiger partial charge in [0.15, 0.2) is 0 Å². The number of fused-ring (bicyclic) bond motifs is 1. The molecular weight excluding hydrogens is 405 g/mol. The maximum Gasteiger partial charge on any atom is 0.250 e. The van der Waals surface area contributed by atoms with Crippen molar-refractivity contribution < 1.29 is 14.0 Å². The number of rotatable bonds is 6. The van der Waals surface area contributed by atoms with E-state index < -0.39 is 0 Å². The standard InChI is InChI=1S/C21H18FN5O2S/c1-13-2-4-14(5-3-13)17-12-30-21-25-20(26-27(17)21)24-19(29)11-10-18(28)23-16-8-6-15(22)7-9-16/h2-9,12H,10-11H2,1H3,(H,23,28)(H,24,26,29). The molecule has 2 aromatic carbocycles. The van der Waals surface area contributed by atoms with Crippen molar-refractivity contribution in [2.24, 2.45) is 0 Å². The molecule has 2 aromatic heterocycles. The third-order valence-corrected chi connectivity index (χ3v) is 5.20. The van der Waals surface area contributed by atoms with Crippen molar-refractivity contribution >= 4 is 39.7 Å². The highest BCUT2D eigenvalue weighted by molar-refractivity contribution is 7.15. The molecule has 9 heteroatoms. The number of nitrogens with zero attached hydrogens (tertiary/aromatic N) is 3. The van der Waals surface area contributed by atoms with Gasteiger partial charge in [0.2, 0.25) is 22.7 Å². The molecule has 2 amide bonds. The van der Waals surface area contributed by atoms with Gasteiger partial charge >= 0.3 is 0 Å². The van der Waals surface area contributed by atoms with Crippen molar-refractivity contribution in [1.82, 2.24) is 14.6 Å². The van der Waals surface area contributed by atoms with Crippen LogP contribution in [-0.2, 0) is 9.59 Å². The molecule has 0 atom stereocenters. The Bertz CT molecular complexity index is 1200. The molecule has 0 fully saturated rings.